The van der Waals surface area contributed by atoms with Gasteiger partial charge in [0.15, 0.2) is 0 Å². The molecular weight excluding hydrogens is 318 g/mol. The van der Waals surface area contributed by atoms with E-state index in [9.17, 15) is 17.4 Å². The molecular formula is C11H19N3O5S2. The monoisotopic (exact) mass is 337 g/mol. The number of nitrogens with zero attached hydrogens (tertiary/aromatic N) is 2. The Morgan fingerprint density at radius 3 is 2.81 bits per heavy atom. The van der Waals surface area contributed by atoms with Gasteiger partial charge < -0.3 is 5.11 Å². The molecule has 120 valence electrons. The van der Waals surface area contributed by atoms with E-state index < -0.39 is 26.8 Å². The fourth-order valence-electron chi connectivity index (χ4n) is 1.55. The van der Waals surface area contributed by atoms with Crippen molar-refractivity contribution in [1.82, 2.24) is 14.5 Å². The number of hydrogen-bond donors (Lipinski definition) is 2. The smallest absolute Gasteiger partial charge is 0.305 e. The molecule has 0 saturated carbocycles. The SMILES string of the molecule is CC(CCS(C)=O)NS(=O)(=O)c1cnn(CCC(=O)O)c1. The van der Waals surface area contributed by atoms with Gasteiger partial charge in [0.1, 0.15) is 4.90 Å². The number of carboxylic acids is 1. The Labute approximate surface area is 126 Å². The molecule has 2 atom stereocenters. The van der Waals surface area contributed by atoms with E-state index >= 15 is 0 Å². The average molecular weight is 337 g/mol. The third-order valence-electron chi connectivity index (χ3n) is 2.67. The quantitative estimate of drug-likeness (QED) is 0.644. The number of sulfonamides is 1. The molecule has 8 nitrogen and oxygen atoms in total. The lowest BCUT2D eigenvalue weighted by Crippen LogP contribution is -2.33. The van der Waals surface area contributed by atoms with Crippen LogP contribution in [0.15, 0.2) is 17.3 Å². The molecule has 0 aliphatic carbocycles. The van der Waals surface area contributed by atoms with Crippen molar-refractivity contribution in [2.75, 3.05) is 12.0 Å². The van der Waals surface area contributed by atoms with Crippen molar-refractivity contribution in [3.8, 4) is 0 Å². The molecule has 0 saturated heterocycles. The number of hydrogen-bond acceptors (Lipinski definition) is 5. The van der Waals surface area contributed by atoms with E-state index in [-0.39, 0.29) is 23.9 Å². The Bertz CT molecular complexity index is 611. The largest absolute Gasteiger partial charge is 0.481 e. The van der Waals surface area contributed by atoms with Crippen LogP contribution in [-0.4, -0.2) is 51.5 Å². The van der Waals surface area contributed by atoms with Gasteiger partial charge in [0, 0.05) is 35.0 Å². The number of aromatic nitrogens is 2. The highest BCUT2D eigenvalue weighted by atomic mass is 32.2. The van der Waals surface area contributed by atoms with E-state index in [1.807, 2.05) is 0 Å². The van der Waals surface area contributed by atoms with Crippen LogP contribution in [0, 0.1) is 0 Å². The Kier molecular flexibility index (Phi) is 6.49. The first-order valence-electron chi connectivity index (χ1n) is 6.27. The predicted molar refractivity (Wildman–Crippen MR) is 77.8 cm³/mol. The molecule has 2 unspecified atom stereocenters. The Morgan fingerprint density at radius 1 is 1.57 bits per heavy atom. The maximum atomic E-state index is 12.1. The summed E-state index contributed by atoms with van der Waals surface area (Å²) in [5.74, 6) is -0.559. The summed E-state index contributed by atoms with van der Waals surface area (Å²) < 4.78 is 38.9. The number of nitrogens with one attached hydrogen (secondary N) is 1. The molecule has 0 fully saturated rings. The van der Waals surface area contributed by atoms with Gasteiger partial charge in [-0.3, -0.25) is 13.7 Å². The fraction of sp³-hybridized carbons (Fsp3) is 0.636. The van der Waals surface area contributed by atoms with Crippen LogP contribution in [0.3, 0.4) is 0 Å². The van der Waals surface area contributed by atoms with Gasteiger partial charge in [0.25, 0.3) is 0 Å². The van der Waals surface area contributed by atoms with Gasteiger partial charge in [-0.25, -0.2) is 13.1 Å². The van der Waals surface area contributed by atoms with Crippen LogP contribution in [0.2, 0.25) is 0 Å². The molecule has 10 heteroatoms. The number of carboxylic acid groups (broad SMARTS) is 1. The molecule has 2 N–H and O–H groups in total. The summed E-state index contributed by atoms with van der Waals surface area (Å²) in [7, 11) is -4.67. The van der Waals surface area contributed by atoms with Crippen molar-refractivity contribution < 1.29 is 22.5 Å². The first-order chi connectivity index (χ1) is 9.70. The van der Waals surface area contributed by atoms with Gasteiger partial charge >= 0.3 is 5.97 Å². The molecule has 21 heavy (non-hydrogen) atoms. The molecule has 0 amide bonds. The number of aryl methyl sites for hydroxylation is 1. The Balaban J connectivity index is 2.65. The first kappa shape index (κ1) is 17.8. The van der Waals surface area contributed by atoms with Gasteiger partial charge in [0.2, 0.25) is 10.0 Å². The van der Waals surface area contributed by atoms with Crippen LogP contribution in [0.4, 0.5) is 0 Å². The van der Waals surface area contributed by atoms with E-state index in [4.69, 9.17) is 5.11 Å². The van der Waals surface area contributed by atoms with Crippen LogP contribution >= 0.6 is 0 Å². The average Bonchev–Trinajstić information content (AvgIpc) is 2.83. The fourth-order valence-corrected chi connectivity index (χ4v) is 3.47. The highest BCUT2D eigenvalue weighted by Crippen LogP contribution is 2.09. The van der Waals surface area contributed by atoms with Gasteiger partial charge in [-0.1, -0.05) is 0 Å². The molecule has 1 rings (SSSR count). The second kappa shape index (κ2) is 7.66. The van der Waals surface area contributed by atoms with E-state index in [2.05, 4.69) is 9.82 Å². The lowest BCUT2D eigenvalue weighted by Gasteiger charge is -2.12. The molecule has 1 aromatic rings. The van der Waals surface area contributed by atoms with Gasteiger partial charge in [-0.2, -0.15) is 5.10 Å². The highest BCUT2D eigenvalue weighted by Gasteiger charge is 2.19. The van der Waals surface area contributed by atoms with Crippen molar-refractivity contribution in [2.24, 2.45) is 0 Å². The Hall–Kier alpha value is -1.26. The number of carbonyl (C=O) groups is 1. The molecule has 0 aromatic carbocycles. The lowest BCUT2D eigenvalue weighted by atomic mass is 10.3. The maximum Gasteiger partial charge on any atom is 0.305 e. The van der Waals surface area contributed by atoms with Gasteiger partial charge in [-0.15, -0.1) is 0 Å². The molecule has 0 aliphatic rings. The summed E-state index contributed by atoms with van der Waals surface area (Å²) in [5, 5.41) is 12.4. The Morgan fingerprint density at radius 2 is 2.24 bits per heavy atom. The van der Waals surface area contributed by atoms with Crippen LogP contribution in [-0.2, 0) is 32.2 Å². The van der Waals surface area contributed by atoms with E-state index in [1.165, 1.54) is 17.1 Å². The van der Waals surface area contributed by atoms with Crippen molar-refractivity contribution in [2.45, 2.75) is 37.2 Å². The van der Waals surface area contributed by atoms with E-state index in [0.717, 1.165) is 0 Å². The normalized spacial score (nSPS) is 14.8. The molecule has 0 radical (unpaired) electrons. The van der Waals surface area contributed by atoms with Crippen LogP contribution in [0.25, 0.3) is 0 Å². The minimum Gasteiger partial charge on any atom is -0.481 e. The molecule has 1 heterocycles. The van der Waals surface area contributed by atoms with Crippen molar-refractivity contribution in [3.05, 3.63) is 12.4 Å². The summed E-state index contributed by atoms with van der Waals surface area (Å²) in [6.45, 7) is 1.80. The summed E-state index contributed by atoms with van der Waals surface area (Å²) in [6, 6.07) is -0.346. The summed E-state index contributed by atoms with van der Waals surface area (Å²) in [5.41, 5.74) is 0. The summed E-state index contributed by atoms with van der Waals surface area (Å²) in [6.07, 6.45) is 4.36. The topological polar surface area (TPSA) is 118 Å². The maximum absolute atomic E-state index is 12.1. The summed E-state index contributed by atoms with van der Waals surface area (Å²) in [4.78, 5) is 10.4. The zero-order valence-electron chi connectivity index (χ0n) is 11.9. The van der Waals surface area contributed by atoms with Crippen molar-refractivity contribution in [1.29, 1.82) is 0 Å². The summed E-state index contributed by atoms with van der Waals surface area (Å²) >= 11 is 0. The minimum atomic E-state index is -3.70. The zero-order valence-corrected chi connectivity index (χ0v) is 13.5. The van der Waals surface area contributed by atoms with Crippen molar-refractivity contribution in [3.63, 3.8) is 0 Å². The lowest BCUT2D eigenvalue weighted by molar-refractivity contribution is -0.137. The standard InChI is InChI=1S/C11H19N3O5S2/c1-9(4-6-20(2)17)13-21(18,19)10-7-12-14(8-10)5-3-11(15)16/h7-9,13H,3-6H2,1-2H3,(H,15,16). The van der Waals surface area contributed by atoms with Crippen molar-refractivity contribution >= 4 is 26.8 Å². The molecule has 0 aliphatic heterocycles. The number of aliphatic carboxylic acids is 1. The minimum absolute atomic E-state index is 0.0163. The van der Waals surface area contributed by atoms with Crippen LogP contribution in [0.5, 0.6) is 0 Å². The predicted octanol–water partition coefficient (Wildman–Crippen LogP) is -0.207. The molecule has 0 bridgehead atoms. The first-order valence-corrected chi connectivity index (χ1v) is 9.48. The van der Waals surface area contributed by atoms with Crippen LogP contribution < -0.4 is 4.72 Å². The van der Waals surface area contributed by atoms with E-state index in [0.29, 0.717) is 12.2 Å². The third kappa shape index (κ3) is 6.36. The van der Waals surface area contributed by atoms with Crippen LogP contribution in [0.1, 0.15) is 19.8 Å². The van der Waals surface area contributed by atoms with E-state index in [1.54, 1.807) is 13.2 Å². The third-order valence-corrected chi connectivity index (χ3v) is 5.02. The zero-order chi connectivity index (χ0) is 16.0. The second-order valence-electron chi connectivity index (χ2n) is 4.67. The van der Waals surface area contributed by atoms with Gasteiger partial charge in [0.05, 0.1) is 19.2 Å². The molecule has 1 aromatic heterocycles. The van der Waals surface area contributed by atoms with Gasteiger partial charge in [-0.05, 0) is 13.3 Å². The highest BCUT2D eigenvalue weighted by molar-refractivity contribution is 7.89. The second-order valence-corrected chi connectivity index (χ2v) is 7.94. The number of rotatable bonds is 9. The molecule has 0 spiro atoms.